The van der Waals surface area contributed by atoms with Crippen LogP contribution in [0.3, 0.4) is 0 Å². The summed E-state index contributed by atoms with van der Waals surface area (Å²) in [7, 11) is 2.82. The molecule has 1 heterocycles. The molecule has 2 amide bonds. The van der Waals surface area contributed by atoms with Gasteiger partial charge in [0.25, 0.3) is 0 Å². The Kier molecular flexibility index (Phi) is 3.80. The Balaban J connectivity index is 1.79. The number of benzene rings is 2. The molecule has 3 atom stereocenters. The maximum Gasteiger partial charge on any atom is 0.310 e. The average molecular weight is 365 g/mol. The molecule has 138 valence electrons. The van der Waals surface area contributed by atoms with E-state index in [1.807, 2.05) is 31.2 Å². The molecule has 6 nitrogen and oxygen atoms in total. The molecule has 1 aliphatic carbocycles. The second-order valence-electron chi connectivity index (χ2n) is 6.89. The molecule has 4 rings (SSSR count). The van der Waals surface area contributed by atoms with E-state index in [1.54, 1.807) is 31.4 Å². The number of piperidine rings is 1. The number of rotatable bonds is 4. The van der Waals surface area contributed by atoms with Crippen LogP contribution in [0.25, 0.3) is 0 Å². The summed E-state index contributed by atoms with van der Waals surface area (Å²) in [6, 6.07) is 14.1. The van der Waals surface area contributed by atoms with Crippen molar-refractivity contribution >= 4 is 23.5 Å². The summed E-state index contributed by atoms with van der Waals surface area (Å²) in [5.41, 5.74) is 0.986. The van der Waals surface area contributed by atoms with E-state index < -0.39 is 23.2 Å². The van der Waals surface area contributed by atoms with Crippen LogP contribution in [0.2, 0.25) is 0 Å². The lowest BCUT2D eigenvalue weighted by molar-refractivity contribution is -0.145. The number of fused-ring (bicyclic) bond motifs is 1. The molecule has 0 N–H and O–H groups in total. The number of methoxy groups -OCH3 is 2. The highest BCUT2D eigenvalue weighted by atomic mass is 16.5. The normalized spacial score (nSPS) is 26.0. The lowest BCUT2D eigenvalue weighted by Gasteiger charge is -2.22. The molecule has 0 radical (unpaired) electrons. The summed E-state index contributed by atoms with van der Waals surface area (Å²) >= 11 is 0. The number of aryl methyl sites for hydroxylation is 1. The fourth-order valence-electron chi connectivity index (χ4n) is 4.15. The number of carbonyl (C=O) groups excluding carboxylic acids is 3. The van der Waals surface area contributed by atoms with Gasteiger partial charge in [0.2, 0.25) is 11.8 Å². The van der Waals surface area contributed by atoms with Crippen LogP contribution in [0.4, 0.5) is 5.69 Å². The molecule has 0 bridgehead atoms. The highest BCUT2D eigenvalue weighted by Crippen LogP contribution is 2.66. The van der Waals surface area contributed by atoms with Crippen molar-refractivity contribution in [2.45, 2.75) is 12.3 Å². The van der Waals surface area contributed by atoms with E-state index >= 15 is 0 Å². The zero-order valence-corrected chi connectivity index (χ0v) is 15.3. The molecule has 0 spiro atoms. The van der Waals surface area contributed by atoms with Crippen molar-refractivity contribution in [3.05, 3.63) is 59.7 Å². The van der Waals surface area contributed by atoms with Gasteiger partial charge >= 0.3 is 5.97 Å². The first-order valence-corrected chi connectivity index (χ1v) is 8.64. The van der Waals surface area contributed by atoms with Gasteiger partial charge in [-0.25, -0.2) is 4.90 Å². The van der Waals surface area contributed by atoms with Gasteiger partial charge < -0.3 is 9.47 Å². The van der Waals surface area contributed by atoms with E-state index in [9.17, 15) is 14.4 Å². The van der Waals surface area contributed by atoms with E-state index in [-0.39, 0.29) is 11.8 Å². The van der Waals surface area contributed by atoms with Crippen molar-refractivity contribution in [1.82, 2.24) is 0 Å². The van der Waals surface area contributed by atoms with Gasteiger partial charge in [-0.05, 0) is 36.8 Å². The molecule has 6 heteroatoms. The largest absolute Gasteiger partial charge is 0.497 e. The highest BCUT2D eigenvalue weighted by molar-refractivity contribution is 6.31. The molecule has 27 heavy (non-hydrogen) atoms. The Morgan fingerprint density at radius 1 is 1.00 bits per heavy atom. The minimum absolute atomic E-state index is 0.374. The number of anilines is 1. The topological polar surface area (TPSA) is 72.9 Å². The van der Waals surface area contributed by atoms with Crippen molar-refractivity contribution in [2.75, 3.05) is 19.1 Å². The van der Waals surface area contributed by atoms with Crippen molar-refractivity contribution in [3.8, 4) is 5.75 Å². The van der Waals surface area contributed by atoms with Gasteiger partial charge in [-0.1, -0.05) is 29.8 Å². The van der Waals surface area contributed by atoms with Crippen LogP contribution >= 0.6 is 0 Å². The van der Waals surface area contributed by atoms with Gasteiger partial charge in [0, 0.05) is 0 Å². The Labute approximate surface area is 156 Å². The van der Waals surface area contributed by atoms with Crippen LogP contribution < -0.4 is 9.64 Å². The first-order valence-electron chi connectivity index (χ1n) is 8.64. The van der Waals surface area contributed by atoms with Crippen molar-refractivity contribution in [2.24, 2.45) is 11.8 Å². The molecule has 2 aromatic carbocycles. The van der Waals surface area contributed by atoms with E-state index in [2.05, 4.69) is 0 Å². The van der Waals surface area contributed by atoms with Gasteiger partial charge in [-0.3, -0.25) is 14.4 Å². The SMILES string of the molecule is COC(=O)[C@@H]1[C@H]2C(=O)N(c3ccc(OC)cc3)C(=O)[C@]12c1ccc(C)cc1. The summed E-state index contributed by atoms with van der Waals surface area (Å²) < 4.78 is 10.00. The van der Waals surface area contributed by atoms with Crippen molar-refractivity contribution < 1.29 is 23.9 Å². The first kappa shape index (κ1) is 17.3. The zero-order chi connectivity index (χ0) is 19.3. The average Bonchev–Trinajstić information content (AvgIpc) is 3.33. The van der Waals surface area contributed by atoms with E-state index in [0.717, 1.165) is 5.56 Å². The molecule has 2 aromatic rings. The predicted molar refractivity (Wildman–Crippen MR) is 97.3 cm³/mol. The molecule has 2 fully saturated rings. The lowest BCUT2D eigenvalue weighted by Crippen LogP contribution is -2.40. The lowest BCUT2D eigenvalue weighted by atomic mass is 9.91. The fraction of sp³-hybridized carbons (Fsp3) is 0.286. The number of nitrogens with zero attached hydrogens (tertiary/aromatic N) is 1. The number of esters is 1. The predicted octanol–water partition coefficient (Wildman–Crippen LogP) is 2.23. The van der Waals surface area contributed by atoms with E-state index in [1.165, 1.54) is 12.0 Å². The Bertz CT molecular complexity index is 934. The van der Waals surface area contributed by atoms with Crippen LogP contribution in [0.1, 0.15) is 11.1 Å². The number of amides is 2. The van der Waals surface area contributed by atoms with Crippen LogP contribution in [-0.4, -0.2) is 32.0 Å². The van der Waals surface area contributed by atoms with Crippen LogP contribution in [0, 0.1) is 18.8 Å². The molecule has 1 saturated heterocycles. The quantitative estimate of drug-likeness (QED) is 0.614. The zero-order valence-electron chi connectivity index (χ0n) is 15.3. The van der Waals surface area contributed by atoms with Gasteiger partial charge in [0.05, 0.1) is 31.7 Å². The molecule has 0 unspecified atom stereocenters. The van der Waals surface area contributed by atoms with Gasteiger partial charge in [-0.15, -0.1) is 0 Å². The molecule has 2 aliphatic rings. The smallest absolute Gasteiger partial charge is 0.310 e. The molecular formula is C21H19NO5. The highest BCUT2D eigenvalue weighted by Gasteiger charge is 2.83. The maximum absolute atomic E-state index is 13.4. The minimum Gasteiger partial charge on any atom is -0.497 e. The van der Waals surface area contributed by atoms with E-state index in [4.69, 9.17) is 9.47 Å². The van der Waals surface area contributed by atoms with E-state index in [0.29, 0.717) is 17.0 Å². The number of carbonyl (C=O) groups is 3. The Morgan fingerprint density at radius 3 is 2.19 bits per heavy atom. The maximum atomic E-state index is 13.4. The standard InChI is InChI=1S/C21H19NO5/c1-12-4-6-13(7-5-12)21-16(17(21)19(24)27-3)18(23)22(20(21)25)14-8-10-15(26-2)11-9-14/h4-11,16-17H,1-3H3/t16-,17-,21-/m0/s1. The van der Waals surface area contributed by atoms with Crippen molar-refractivity contribution in [3.63, 3.8) is 0 Å². The van der Waals surface area contributed by atoms with Gasteiger partial charge in [-0.2, -0.15) is 0 Å². The Morgan fingerprint density at radius 2 is 1.63 bits per heavy atom. The first-order chi connectivity index (χ1) is 13.0. The molecule has 1 saturated carbocycles. The summed E-state index contributed by atoms with van der Waals surface area (Å²) in [5, 5.41) is 0. The van der Waals surface area contributed by atoms with Gasteiger partial charge in [0.1, 0.15) is 11.2 Å². The number of ether oxygens (including phenoxy) is 2. The molecular weight excluding hydrogens is 346 g/mol. The van der Waals surface area contributed by atoms with Crippen LogP contribution in [-0.2, 0) is 24.5 Å². The Hall–Kier alpha value is -3.15. The number of imide groups is 1. The second kappa shape index (κ2) is 5.94. The summed E-state index contributed by atoms with van der Waals surface area (Å²) in [6.07, 6.45) is 0. The number of hydrogen-bond donors (Lipinski definition) is 0. The van der Waals surface area contributed by atoms with Crippen LogP contribution in [0.5, 0.6) is 5.75 Å². The monoisotopic (exact) mass is 365 g/mol. The summed E-state index contributed by atoms with van der Waals surface area (Å²) in [6.45, 7) is 1.94. The number of hydrogen-bond acceptors (Lipinski definition) is 5. The fourth-order valence-corrected chi connectivity index (χ4v) is 4.15. The van der Waals surface area contributed by atoms with Gasteiger partial charge in [0.15, 0.2) is 0 Å². The van der Waals surface area contributed by atoms with Crippen molar-refractivity contribution in [1.29, 1.82) is 0 Å². The van der Waals surface area contributed by atoms with Crippen LogP contribution in [0.15, 0.2) is 48.5 Å². The second-order valence-corrected chi connectivity index (χ2v) is 6.89. The third kappa shape index (κ3) is 2.22. The molecule has 1 aliphatic heterocycles. The third-order valence-corrected chi connectivity index (χ3v) is 5.56. The third-order valence-electron chi connectivity index (χ3n) is 5.56. The summed E-state index contributed by atoms with van der Waals surface area (Å²) in [4.78, 5) is 39.9. The molecule has 0 aromatic heterocycles. The summed E-state index contributed by atoms with van der Waals surface area (Å²) in [5.74, 6) is -2.18. The minimum atomic E-state index is -1.18.